The topological polar surface area (TPSA) is 0 Å². The predicted octanol–water partition coefficient (Wildman–Crippen LogP) is 3.16. The molecule has 0 aromatic heterocycles. The Labute approximate surface area is 58.3 Å². The first-order valence-corrected chi connectivity index (χ1v) is 3.60. The van der Waals surface area contributed by atoms with Crippen LogP contribution in [0.2, 0.25) is 0 Å². The summed E-state index contributed by atoms with van der Waals surface area (Å²) in [6, 6.07) is 0. The van der Waals surface area contributed by atoms with Gasteiger partial charge in [0.15, 0.2) is 0 Å². The van der Waals surface area contributed by atoms with Crippen LogP contribution in [0.15, 0.2) is 24.3 Å². The van der Waals surface area contributed by atoms with Crippen molar-refractivity contribution in [3.05, 3.63) is 24.3 Å². The van der Waals surface area contributed by atoms with E-state index in [-0.39, 0.29) is 0 Å². The van der Waals surface area contributed by atoms with Crippen molar-refractivity contribution in [3.63, 3.8) is 0 Å². The predicted molar refractivity (Wildman–Crippen MR) is 43.4 cm³/mol. The minimum atomic E-state index is 0.653. The van der Waals surface area contributed by atoms with Gasteiger partial charge in [-0.05, 0) is 26.2 Å². The molecule has 0 N–H and O–H groups in total. The van der Waals surface area contributed by atoms with E-state index in [2.05, 4.69) is 45.1 Å². The maximum Gasteiger partial charge on any atom is -0.00563 e. The van der Waals surface area contributed by atoms with Crippen molar-refractivity contribution >= 4 is 0 Å². The molecular formula is C9H16. The van der Waals surface area contributed by atoms with E-state index in [0.717, 1.165) is 0 Å². The van der Waals surface area contributed by atoms with Gasteiger partial charge in [0.2, 0.25) is 0 Å². The lowest BCUT2D eigenvalue weighted by Crippen LogP contribution is -1.86. The van der Waals surface area contributed by atoms with E-state index in [0.29, 0.717) is 5.92 Å². The molecule has 0 aliphatic carbocycles. The van der Waals surface area contributed by atoms with Crippen LogP contribution in [0.3, 0.4) is 0 Å². The molecule has 0 amide bonds. The third-order valence-corrected chi connectivity index (χ3v) is 1.35. The first kappa shape index (κ1) is 8.48. The van der Waals surface area contributed by atoms with E-state index in [1.54, 1.807) is 0 Å². The van der Waals surface area contributed by atoms with E-state index >= 15 is 0 Å². The summed E-state index contributed by atoms with van der Waals surface area (Å²) in [4.78, 5) is 0. The summed E-state index contributed by atoms with van der Waals surface area (Å²) in [5.41, 5.74) is 0. The first-order valence-electron chi connectivity index (χ1n) is 3.60. The van der Waals surface area contributed by atoms with Gasteiger partial charge < -0.3 is 0 Å². The summed E-state index contributed by atoms with van der Waals surface area (Å²) in [5, 5.41) is 0. The second-order valence-electron chi connectivity index (χ2n) is 2.12. The van der Waals surface area contributed by atoms with E-state index in [1.165, 1.54) is 6.42 Å². The molecule has 0 fully saturated rings. The summed E-state index contributed by atoms with van der Waals surface area (Å²) in [6.07, 6.45) is 9.86. The Bertz CT molecular complexity index is 86.6. The van der Waals surface area contributed by atoms with E-state index in [4.69, 9.17) is 0 Å². The van der Waals surface area contributed by atoms with Crippen LogP contribution in [0, 0.1) is 5.92 Å². The Morgan fingerprint density at radius 3 is 1.78 bits per heavy atom. The lowest BCUT2D eigenvalue weighted by atomic mass is 10.1. The average Bonchev–Trinajstić information content (AvgIpc) is 1.88. The molecule has 0 heteroatoms. The molecule has 0 aromatic rings. The Hall–Kier alpha value is -0.520. The highest BCUT2D eigenvalue weighted by atomic mass is 14.0. The Morgan fingerprint density at radius 2 is 1.56 bits per heavy atom. The highest BCUT2D eigenvalue weighted by Gasteiger charge is 1.91. The van der Waals surface area contributed by atoms with Gasteiger partial charge in [0.1, 0.15) is 0 Å². The van der Waals surface area contributed by atoms with Crippen molar-refractivity contribution in [2.45, 2.75) is 27.2 Å². The molecule has 52 valence electrons. The molecule has 0 aromatic carbocycles. The molecule has 0 spiro atoms. The molecule has 0 heterocycles. The minimum absolute atomic E-state index is 0.653. The van der Waals surface area contributed by atoms with Crippen molar-refractivity contribution in [3.8, 4) is 0 Å². The molecular weight excluding hydrogens is 108 g/mol. The molecule has 0 saturated carbocycles. The molecule has 0 bridgehead atoms. The number of allylic oxidation sites excluding steroid dienone is 4. The summed E-state index contributed by atoms with van der Waals surface area (Å²) < 4.78 is 0. The molecule has 0 aliphatic rings. The monoisotopic (exact) mass is 124 g/mol. The van der Waals surface area contributed by atoms with Crippen LogP contribution in [-0.4, -0.2) is 0 Å². The second kappa shape index (κ2) is 5.61. The molecule has 9 heavy (non-hydrogen) atoms. The van der Waals surface area contributed by atoms with Gasteiger partial charge in [-0.25, -0.2) is 0 Å². The van der Waals surface area contributed by atoms with Crippen molar-refractivity contribution in [1.82, 2.24) is 0 Å². The van der Waals surface area contributed by atoms with Gasteiger partial charge >= 0.3 is 0 Å². The second-order valence-corrected chi connectivity index (χ2v) is 2.12. The lowest BCUT2D eigenvalue weighted by molar-refractivity contribution is 0.772. The highest BCUT2D eigenvalue weighted by molar-refractivity contribution is 4.97. The van der Waals surface area contributed by atoms with Gasteiger partial charge in [-0.15, -0.1) is 0 Å². The van der Waals surface area contributed by atoms with Crippen LogP contribution < -0.4 is 0 Å². The van der Waals surface area contributed by atoms with E-state index < -0.39 is 0 Å². The fraction of sp³-hybridized carbons (Fsp3) is 0.556. The summed E-state index contributed by atoms with van der Waals surface area (Å²) >= 11 is 0. The van der Waals surface area contributed by atoms with Gasteiger partial charge in [-0.2, -0.15) is 0 Å². The maximum atomic E-state index is 2.22. The third kappa shape index (κ3) is 4.01. The zero-order valence-electron chi connectivity index (χ0n) is 6.59. The largest absolute Gasteiger partial charge is 0.0911 e. The van der Waals surface area contributed by atoms with E-state index in [9.17, 15) is 0 Å². The van der Waals surface area contributed by atoms with Gasteiger partial charge in [0, 0.05) is 0 Å². The number of rotatable bonds is 3. The van der Waals surface area contributed by atoms with Crippen molar-refractivity contribution in [1.29, 1.82) is 0 Å². The molecule has 1 unspecified atom stereocenters. The molecule has 0 saturated heterocycles. The SMILES string of the molecule is C/C=C\C(/C=C/C)CC. The van der Waals surface area contributed by atoms with Crippen molar-refractivity contribution in [2.75, 3.05) is 0 Å². The molecule has 0 radical (unpaired) electrons. The summed E-state index contributed by atoms with van der Waals surface area (Å²) in [5.74, 6) is 0.653. The molecule has 1 atom stereocenters. The molecule has 0 aliphatic heterocycles. The Morgan fingerprint density at radius 1 is 1.11 bits per heavy atom. The van der Waals surface area contributed by atoms with Crippen molar-refractivity contribution in [2.24, 2.45) is 5.92 Å². The van der Waals surface area contributed by atoms with Crippen LogP contribution >= 0.6 is 0 Å². The first-order chi connectivity index (χ1) is 4.35. The van der Waals surface area contributed by atoms with Crippen LogP contribution in [0.25, 0.3) is 0 Å². The van der Waals surface area contributed by atoms with Crippen LogP contribution in [0.1, 0.15) is 27.2 Å². The smallest absolute Gasteiger partial charge is 0.00563 e. The number of hydrogen-bond donors (Lipinski definition) is 0. The number of hydrogen-bond acceptors (Lipinski definition) is 0. The average molecular weight is 124 g/mol. The van der Waals surface area contributed by atoms with Crippen LogP contribution in [-0.2, 0) is 0 Å². The summed E-state index contributed by atoms with van der Waals surface area (Å²) in [6.45, 7) is 6.32. The maximum absolute atomic E-state index is 2.22. The normalized spacial score (nSPS) is 15.4. The van der Waals surface area contributed by atoms with Gasteiger partial charge in [-0.1, -0.05) is 31.2 Å². The van der Waals surface area contributed by atoms with Crippen LogP contribution in [0.5, 0.6) is 0 Å². The molecule has 0 rings (SSSR count). The van der Waals surface area contributed by atoms with Gasteiger partial charge in [-0.3, -0.25) is 0 Å². The summed E-state index contributed by atoms with van der Waals surface area (Å²) in [7, 11) is 0. The minimum Gasteiger partial charge on any atom is -0.0911 e. The Balaban J connectivity index is 3.68. The van der Waals surface area contributed by atoms with Crippen molar-refractivity contribution < 1.29 is 0 Å². The standard InChI is InChI=1S/C9H16/c1-4-7-9(6-3)8-5-2/h4-5,7-9H,6H2,1-3H3/b7-4-,8-5+. The highest BCUT2D eigenvalue weighted by Crippen LogP contribution is 2.05. The van der Waals surface area contributed by atoms with Gasteiger partial charge in [0.05, 0.1) is 0 Å². The third-order valence-electron chi connectivity index (χ3n) is 1.35. The quantitative estimate of drug-likeness (QED) is 0.507. The molecule has 0 nitrogen and oxygen atoms in total. The Kier molecular flexibility index (Phi) is 5.29. The fourth-order valence-corrected chi connectivity index (χ4v) is 0.831. The zero-order chi connectivity index (χ0) is 7.11. The zero-order valence-corrected chi connectivity index (χ0v) is 6.59. The van der Waals surface area contributed by atoms with Crippen LogP contribution in [0.4, 0.5) is 0 Å². The fourth-order valence-electron chi connectivity index (χ4n) is 0.831. The lowest BCUT2D eigenvalue weighted by Gasteiger charge is -1.99. The van der Waals surface area contributed by atoms with E-state index in [1.807, 2.05) is 0 Å². The van der Waals surface area contributed by atoms with Gasteiger partial charge in [0.25, 0.3) is 0 Å².